The van der Waals surface area contributed by atoms with Crippen LogP contribution in [-0.4, -0.2) is 29.9 Å². The highest BCUT2D eigenvalue weighted by atomic mass is 19.1. The van der Waals surface area contributed by atoms with Crippen LogP contribution < -0.4 is 4.90 Å². The number of unbranched alkanes of at least 4 members (excludes halogenated alkanes) is 1. The lowest BCUT2D eigenvalue weighted by Gasteiger charge is -2.16. The molecule has 0 atom stereocenters. The molecule has 4 nitrogen and oxygen atoms in total. The maximum Gasteiger partial charge on any atom is 0.299 e. The summed E-state index contributed by atoms with van der Waals surface area (Å²) in [6.07, 6.45) is 1.04. The Hall–Kier alpha value is -1.75. The van der Waals surface area contributed by atoms with Crippen molar-refractivity contribution in [2.45, 2.75) is 19.8 Å². The van der Waals surface area contributed by atoms with Crippen LogP contribution in [0.25, 0.3) is 0 Å². The standard InChI is InChI=1S/C13H14FNO3/c1-8-6-9-11(10(14)7-8)15(4-2-3-5-16)13(18)12(9)17/h6-7,16H,2-5H2,1H3. The zero-order chi connectivity index (χ0) is 13.3. The van der Waals surface area contributed by atoms with Crippen molar-refractivity contribution in [2.24, 2.45) is 0 Å². The Morgan fingerprint density at radius 1 is 1.28 bits per heavy atom. The van der Waals surface area contributed by atoms with Crippen molar-refractivity contribution >= 4 is 17.4 Å². The van der Waals surface area contributed by atoms with E-state index in [4.69, 9.17) is 5.11 Å². The van der Waals surface area contributed by atoms with Gasteiger partial charge in [-0.15, -0.1) is 0 Å². The maximum atomic E-state index is 13.9. The quantitative estimate of drug-likeness (QED) is 0.650. The van der Waals surface area contributed by atoms with Gasteiger partial charge in [-0.2, -0.15) is 0 Å². The molecule has 1 heterocycles. The van der Waals surface area contributed by atoms with Gasteiger partial charge in [0.25, 0.3) is 11.7 Å². The molecule has 0 saturated heterocycles. The molecular weight excluding hydrogens is 237 g/mol. The lowest BCUT2D eigenvalue weighted by molar-refractivity contribution is -0.114. The third-order valence-electron chi connectivity index (χ3n) is 2.95. The summed E-state index contributed by atoms with van der Waals surface area (Å²) in [5, 5.41) is 8.70. The second-order valence-corrected chi connectivity index (χ2v) is 4.36. The third-order valence-corrected chi connectivity index (χ3v) is 2.95. The van der Waals surface area contributed by atoms with E-state index < -0.39 is 17.5 Å². The minimum Gasteiger partial charge on any atom is -0.396 e. The van der Waals surface area contributed by atoms with Gasteiger partial charge in [-0.3, -0.25) is 9.59 Å². The number of hydrogen-bond donors (Lipinski definition) is 1. The zero-order valence-corrected chi connectivity index (χ0v) is 10.1. The van der Waals surface area contributed by atoms with Crippen molar-refractivity contribution in [3.63, 3.8) is 0 Å². The molecule has 0 spiro atoms. The smallest absolute Gasteiger partial charge is 0.299 e. The Labute approximate surface area is 104 Å². The molecule has 1 amide bonds. The zero-order valence-electron chi connectivity index (χ0n) is 10.1. The molecule has 1 aromatic rings. The van der Waals surface area contributed by atoms with E-state index in [1.165, 1.54) is 17.0 Å². The van der Waals surface area contributed by atoms with Crippen LogP contribution in [0.1, 0.15) is 28.8 Å². The molecule has 96 valence electrons. The van der Waals surface area contributed by atoms with E-state index in [-0.39, 0.29) is 24.4 Å². The number of rotatable bonds is 4. The minimum absolute atomic E-state index is 0.0131. The van der Waals surface area contributed by atoms with Gasteiger partial charge in [0.05, 0.1) is 11.3 Å². The first-order valence-corrected chi connectivity index (χ1v) is 5.83. The SMILES string of the molecule is Cc1cc(F)c2c(c1)C(=O)C(=O)N2CCCCO. The number of benzene rings is 1. The molecule has 5 heteroatoms. The van der Waals surface area contributed by atoms with Crippen molar-refractivity contribution in [3.8, 4) is 0 Å². The van der Waals surface area contributed by atoms with Gasteiger partial charge in [0.15, 0.2) is 0 Å². The normalized spacial score (nSPS) is 14.3. The summed E-state index contributed by atoms with van der Waals surface area (Å²) in [4.78, 5) is 24.7. The summed E-state index contributed by atoms with van der Waals surface area (Å²) in [5.41, 5.74) is 0.833. The number of aryl methyl sites for hydroxylation is 1. The van der Waals surface area contributed by atoms with Gasteiger partial charge in [-0.1, -0.05) is 0 Å². The molecule has 0 unspecified atom stereocenters. The lowest BCUT2D eigenvalue weighted by Crippen LogP contribution is -2.31. The van der Waals surface area contributed by atoms with Gasteiger partial charge >= 0.3 is 0 Å². The summed E-state index contributed by atoms with van der Waals surface area (Å²) in [6.45, 7) is 1.94. The van der Waals surface area contributed by atoms with Crippen molar-refractivity contribution in [1.29, 1.82) is 0 Å². The van der Waals surface area contributed by atoms with E-state index in [1.54, 1.807) is 6.92 Å². The molecule has 0 bridgehead atoms. The fourth-order valence-electron chi connectivity index (χ4n) is 2.12. The number of nitrogens with zero attached hydrogens (tertiary/aromatic N) is 1. The predicted octanol–water partition coefficient (Wildman–Crippen LogP) is 1.44. The molecule has 1 aliphatic rings. The number of Topliss-reactive ketones (excluding diaryl/α,β-unsaturated/α-hetero) is 1. The number of anilines is 1. The average Bonchev–Trinajstić information content (AvgIpc) is 2.55. The highest BCUT2D eigenvalue weighted by Gasteiger charge is 2.37. The van der Waals surface area contributed by atoms with Gasteiger partial charge in [0.2, 0.25) is 0 Å². The molecular formula is C13H14FNO3. The molecule has 1 aromatic carbocycles. The summed E-state index contributed by atoms with van der Waals surface area (Å²) in [5.74, 6) is -1.89. The van der Waals surface area contributed by atoms with Crippen LogP contribution in [0.5, 0.6) is 0 Å². The Bertz CT molecular complexity index is 513. The summed E-state index contributed by atoms with van der Waals surface area (Å²) < 4.78 is 13.9. The molecule has 0 aliphatic carbocycles. The maximum absolute atomic E-state index is 13.9. The molecule has 18 heavy (non-hydrogen) atoms. The fourth-order valence-corrected chi connectivity index (χ4v) is 2.12. The second kappa shape index (κ2) is 4.86. The van der Waals surface area contributed by atoms with Crippen molar-refractivity contribution in [1.82, 2.24) is 0 Å². The number of carbonyl (C=O) groups excluding carboxylic acids is 2. The van der Waals surface area contributed by atoms with E-state index in [0.717, 1.165) is 0 Å². The molecule has 0 radical (unpaired) electrons. The molecule has 0 aromatic heterocycles. The lowest BCUT2D eigenvalue weighted by atomic mass is 10.1. The van der Waals surface area contributed by atoms with Crippen LogP contribution in [-0.2, 0) is 4.79 Å². The van der Waals surface area contributed by atoms with Crippen LogP contribution in [0.4, 0.5) is 10.1 Å². The van der Waals surface area contributed by atoms with E-state index in [9.17, 15) is 14.0 Å². The van der Waals surface area contributed by atoms with Crippen molar-refractivity contribution in [2.75, 3.05) is 18.1 Å². The Morgan fingerprint density at radius 2 is 2.00 bits per heavy atom. The van der Waals surface area contributed by atoms with Gasteiger partial charge in [0.1, 0.15) is 5.82 Å². The summed E-state index contributed by atoms with van der Waals surface area (Å²) in [6, 6.07) is 2.84. The number of halogens is 1. The van der Waals surface area contributed by atoms with Crippen LogP contribution >= 0.6 is 0 Å². The number of amides is 1. The van der Waals surface area contributed by atoms with E-state index in [2.05, 4.69) is 0 Å². The monoisotopic (exact) mass is 251 g/mol. The Morgan fingerprint density at radius 3 is 2.67 bits per heavy atom. The van der Waals surface area contributed by atoms with Gasteiger partial charge in [0, 0.05) is 13.2 Å². The topological polar surface area (TPSA) is 57.6 Å². The molecule has 2 rings (SSSR count). The van der Waals surface area contributed by atoms with Crippen molar-refractivity contribution in [3.05, 3.63) is 29.1 Å². The van der Waals surface area contributed by atoms with Crippen LogP contribution in [0, 0.1) is 12.7 Å². The van der Waals surface area contributed by atoms with Crippen LogP contribution in [0.3, 0.4) is 0 Å². The molecule has 1 N–H and O–H groups in total. The highest BCUT2D eigenvalue weighted by Crippen LogP contribution is 2.32. The minimum atomic E-state index is -0.688. The largest absolute Gasteiger partial charge is 0.396 e. The third kappa shape index (κ3) is 2.01. The Kier molecular flexibility index (Phi) is 3.43. The molecule has 0 fully saturated rings. The second-order valence-electron chi connectivity index (χ2n) is 4.36. The summed E-state index contributed by atoms with van der Waals surface area (Å²) >= 11 is 0. The first kappa shape index (κ1) is 12.7. The number of hydrogen-bond acceptors (Lipinski definition) is 3. The fraction of sp³-hybridized carbons (Fsp3) is 0.385. The number of aliphatic hydroxyl groups excluding tert-OH is 1. The van der Waals surface area contributed by atoms with Gasteiger partial charge in [-0.25, -0.2) is 4.39 Å². The Balaban J connectivity index is 2.36. The first-order chi connectivity index (χ1) is 8.56. The van der Waals surface area contributed by atoms with Gasteiger partial charge < -0.3 is 10.0 Å². The van der Waals surface area contributed by atoms with Crippen LogP contribution in [0.15, 0.2) is 12.1 Å². The highest BCUT2D eigenvalue weighted by molar-refractivity contribution is 6.52. The predicted molar refractivity (Wildman–Crippen MR) is 64.1 cm³/mol. The number of aliphatic hydroxyl groups is 1. The van der Waals surface area contributed by atoms with Crippen LogP contribution in [0.2, 0.25) is 0 Å². The first-order valence-electron chi connectivity index (χ1n) is 5.83. The molecule has 1 aliphatic heterocycles. The van der Waals surface area contributed by atoms with Crippen molar-refractivity contribution < 1.29 is 19.1 Å². The van der Waals surface area contributed by atoms with E-state index in [0.29, 0.717) is 18.4 Å². The average molecular weight is 251 g/mol. The number of ketones is 1. The van der Waals surface area contributed by atoms with E-state index >= 15 is 0 Å². The number of fused-ring (bicyclic) bond motifs is 1. The summed E-state index contributed by atoms with van der Waals surface area (Å²) in [7, 11) is 0. The van der Waals surface area contributed by atoms with E-state index in [1.807, 2.05) is 0 Å². The van der Waals surface area contributed by atoms with Gasteiger partial charge in [-0.05, 0) is 37.5 Å². The molecule has 0 saturated carbocycles. The number of carbonyl (C=O) groups is 2.